The van der Waals surface area contributed by atoms with E-state index in [2.05, 4.69) is 13.2 Å². The molecule has 0 spiro atoms. The van der Waals surface area contributed by atoms with Gasteiger partial charge in [-0.15, -0.1) is 6.58 Å². The van der Waals surface area contributed by atoms with Crippen molar-refractivity contribution in [3.63, 3.8) is 0 Å². The summed E-state index contributed by atoms with van der Waals surface area (Å²) in [7, 11) is 0. The summed E-state index contributed by atoms with van der Waals surface area (Å²) in [5, 5.41) is 0. The quantitative estimate of drug-likeness (QED) is 0.465. The van der Waals surface area contributed by atoms with Gasteiger partial charge in [0.25, 0.3) is 0 Å². The second-order valence-corrected chi connectivity index (χ2v) is 3.07. The lowest BCUT2D eigenvalue weighted by atomic mass is 10.2. The van der Waals surface area contributed by atoms with Crippen LogP contribution in [0.15, 0.2) is 24.3 Å². The van der Waals surface area contributed by atoms with Gasteiger partial charge in [0.15, 0.2) is 0 Å². The molecule has 0 fully saturated rings. The molecule has 0 heterocycles. The van der Waals surface area contributed by atoms with Gasteiger partial charge in [-0.25, -0.2) is 0 Å². The highest BCUT2D eigenvalue weighted by atomic mass is 16.5. The maximum atomic E-state index is 10.9. The highest BCUT2D eigenvalue weighted by Crippen LogP contribution is 2.02. The normalized spacial score (nSPS) is 9.17. The van der Waals surface area contributed by atoms with Crippen LogP contribution < -0.4 is 0 Å². The van der Waals surface area contributed by atoms with Gasteiger partial charge >= 0.3 is 5.97 Å². The van der Waals surface area contributed by atoms with E-state index >= 15 is 0 Å². The molecule has 0 aliphatic heterocycles. The Balaban J connectivity index is 3.47. The Morgan fingerprint density at radius 1 is 1.17 bits per heavy atom. The van der Waals surface area contributed by atoms with Crippen molar-refractivity contribution in [2.75, 3.05) is 6.61 Å². The van der Waals surface area contributed by atoms with Crippen LogP contribution in [0.3, 0.4) is 0 Å². The van der Waals surface area contributed by atoms with Crippen LogP contribution >= 0.6 is 0 Å². The van der Waals surface area contributed by atoms with Crippen molar-refractivity contribution in [1.82, 2.24) is 0 Å². The third-order valence-electron chi connectivity index (χ3n) is 1.24. The molecule has 0 aromatic rings. The Morgan fingerprint density at radius 2 is 1.75 bits per heavy atom. The molecule has 0 unspecified atom stereocenters. The number of hydrogen-bond acceptors (Lipinski definition) is 2. The van der Waals surface area contributed by atoms with Crippen LogP contribution in [0, 0.1) is 0 Å². The summed E-state index contributed by atoms with van der Waals surface area (Å²) in [4.78, 5) is 10.9. The molecule has 12 heavy (non-hydrogen) atoms. The third-order valence-corrected chi connectivity index (χ3v) is 1.24. The van der Waals surface area contributed by atoms with E-state index in [9.17, 15) is 4.79 Å². The van der Waals surface area contributed by atoms with E-state index in [0.29, 0.717) is 19.4 Å². The molecule has 0 N–H and O–H groups in total. The number of carbonyl (C=O) groups excluding carboxylic acids is 1. The lowest BCUT2D eigenvalue weighted by Gasteiger charge is -2.03. The molecule has 0 aromatic carbocycles. The van der Waals surface area contributed by atoms with E-state index < -0.39 is 0 Å². The van der Waals surface area contributed by atoms with Crippen LogP contribution in [-0.4, -0.2) is 12.6 Å². The third kappa shape index (κ3) is 7.06. The molecular weight excluding hydrogens is 152 g/mol. The van der Waals surface area contributed by atoms with Crippen molar-refractivity contribution < 1.29 is 9.53 Å². The van der Waals surface area contributed by atoms with Crippen LogP contribution in [-0.2, 0) is 9.53 Å². The van der Waals surface area contributed by atoms with Crippen molar-refractivity contribution in [3.05, 3.63) is 24.3 Å². The first-order valence-corrected chi connectivity index (χ1v) is 3.96. The lowest BCUT2D eigenvalue weighted by Crippen LogP contribution is -2.05. The van der Waals surface area contributed by atoms with Crippen LogP contribution in [0.4, 0.5) is 0 Å². The van der Waals surface area contributed by atoms with Gasteiger partial charge in [0, 0.05) is 6.42 Å². The molecule has 0 amide bonds. The first kappa shape index (κ1) is 11.0. The maximum absolute atomic E-state index is 10.9. The molecule has 0 aliphatic carbocycles. The van der Waals surface area contributed by atoms with Crippen molar-refractivity contribution in [3.8, 4) is 0 Å². The topological polar surface area (TPSA) is 26.3 Å². The first-order chi connectivity index (χ1) is 5.52. The molecule has 0 saturated heterocycles. The lowest BCUT2D eigenvalue weighted by molar-refractivity contribution is -0.142. The zero-order valence-corrected chi connectivity index (χ0v) is 7.85. The molecule has 0 atom stereocenters. The molecule has 2 nitrogen and oxygen atoms in total. The number of esters is 1. The predicted molar refractivity (Wildman–Crippen MR) is 49.8 cm³/mol. The first-order valence-electron chi connectivity index (χ1n) is 3.96. The Morgan fingerprint density at radius 3 is 2.17 bits per heavy atom. The van der Waals surface area contributed by atoms with Crippen LogP contribution in [0.2, 0.25) is 0 Å². The smallest absolute Gasteiger partial charge is 0.306 e. The molecule has 0 aliphatic rings. The molecule has 0 aromatic heterocycles. The Kier molecular flexibility index (Phi) is 5.09. The fraction of sp³-hybridized carbons (Fsp3) is 0.500. The van der Waals surface area contributed by atoms with Gasteiger partial charge in [-0.1, -0.05) is 12.2 Å². The zero-order valence-electron chi connectivity index (χ0n) is 7.85. The van der Waals surface area contributed by atoms with Gasteiger partial charge < -0.3 is 4.74 Å². The molecule has 0 rings (SSSR count). The standard InChI is InChI=1S/C10H16O2/c1-8(2)5-6-10(11)12-7-9(3)4/h1,3,5-7H2,2,4H3. The van der Waals surface area contributed by atoms with Gasteiger partial charge in [0.1, 0.15) is 6.61 Å². The van der Waals surface area contributed by atoms with Crippen molar-refractivity contribution in [2.45, 2.75) is 26.7 Å². The SMILES string of the molecule is C=C(C)CCC(=O)OCC(=C)C. The highest BCUT2D eigenvalue weighted by molar-refractivity contribution is 5.69. The van der Waals surface area contributed by atoms with E-state index in [-0.39, 0.29) is 5.97 Å². The average Bonchev–Trinajstić information content (AvgIpc) is 1.96. The van der Waals surface area contributed by atoms with Crippen molar-refractivity contribution in [1.29, 1.82) is 0 Å². The van der Waals surface area contributed by atoms with Gasteiger partial charge in [-0.05, 0) is 25.8 Å². The highest BCUT2D eigenvalue weighted by Gasteiger charge is 2.01. The summed E-state index contributed by atoms with van der Waals surface area (Å²) in [5.41, 5.74) is 1.86. The van der Waals surface area contributed by atoms with Crippen molar-refractivity contribution in [2.24, 2.45) is 0 Å². The molecule has 0 bridgehead atoms. The van der Waals surface area contributed by atoms with Crippen LogP contribution in [0.1, 0.15) is 26.7 Å². The second kappa shape index (κ2) is 5.58. The van der Waals surface area contributed by atoms with E-state index in [1.807, 2.05) is 13.8 Å². The Labute approximate surface area is 73.9 Å². The van der Waals surface area contributed by atoms with Gasteiger partial charge in [0.05, 0.1) is 0 Å². The summed E-state index contributed by atoms with van der Waals surface area (Å²) in [6.45, 7) is 11.4. The predicted octanol–water partition coefficient (Wildman–Crippen LogP) is 2.46. The monoisotopic (exact) mass is 168 g/mol. The maximum Gasteiger partial charge on any atom is 0.306 e. The number of hydrogen-bond donors (Lipinski definition) is 0. The fourth-order valence-electron chi connectivity index (χ4n) is 0.591. The number of rotatable bonds is 5. The second-order valence-electron chi connectivity index (χ2n) is 3.07. The van der Waals surface area contributed by atoms with Crippen LogP contribution in [0.25, 0.3) is 0 Å². The fourth-order valence-corrected chi connectivity index (χ4v) is 0.591. The Hall–Kier alpha value is -1.05. The number of ether oxygens (including phenoxy) is 1. The van der Waals surface area contributed by atoms with E-state index in [1.165, 1.54) is 0 Å². The van der Waals surface area contributed by atoms with Crippen molar-refractivity contribution >= 4 is 5.97 Å². The molecule has 2 heteroatoms. The minimum Gasteiger partial charge on any atom is -0.461 e. The molecule has 68 valence electrons. The van der Waals surface area contributed by atoms with Crippen LogP contribution in [0.5, 0.6) is 0 Å². The average molecular weight is 168 g/mol. The Bertz CT molecular complexity index is 172. The minimum absolute atomic E-state index is 0.180. The molecular formula is C10H16O2. The summed E-state index contributed by atoms with van der Waals surface area (Å²) in [6.07, 6.45) is 1.12. The van der Waals surface area contributed by atoms with E-state index in [0.717, 1.165) is 11.1 Å². The summed E-state index contributed by atoms with van der Waals surface area (Å²) in [5.74, 6) is -0.180. The van der Waals surface area contributed by atoms with E-state index in [4.69, 9.17) is 4.74 Å². The summed E-state index contributed by atoms with van der Waals surface area (Å²) >= 11 is 0. The minimum atomic E-state index is -0.180. The van der Waals surface area contributed by atoms with Gasteiger partial charge in [-0.3, -0.25) is 4.79 Å². The largest absolute Gasteiger partial charge is 0.461 e. The summed E-state index contributed by atoms with van der Waals surface area (Å²) in [6, 6.07) is 0. The van der Waals surface area contributed by atoms with Gasteiger partial charge in [0.2, 0.25) is 0 Å². The van der Waals surface area contributed by atoms with E-state index in [1.54, 1.807) is 0 Å². The van der Waals surface area contributed by atoms with Gasteiger partial charge in [-0.2, -0.15) is 0 Å². The number of allylic oxidation sites excluding steroid dienone is 1. The summed E-state index contributed by atoms with van der Waals surface area (Å²) < 4.78 is 4.87. The molecule has 0 saturated carbocycles. The number of carbonyl (C=O) groups is 1. The zero-order chi connectivity index (χ0) is 9.56. The molecule has 0 radical (unpaired) electrons.